The molecule has 2 aromatic carbocycles. The molecule has 5 rings (SSSR count). The van der Waals surface area contributed by atoms with Crippen molar-refractivity contribution in [3.8, 4) is 17.2 Å². The molecule has 12 nitrogen and oxygen atoms in total. The van der Waals surface area contributed by atoms with E-state index in [1.165, 1.54) is 32.2 Å². The zero-order chi connectivity index (χ0) is 28.4. The van der Waals surface area contributed by atoms with Crippen LogP contribution in [0.4, 0.5) is 0 Å². The molecule has 208 valence electrons. The van der Waals surface area contributed by atoms with Crippen LogP contribution in [0.1, 0.15) is 68.8 Å². The first-order valence-electron chi connectivity index (χ1n) is 12.5. The van der Waals surface area contributed by atoms with Gasteiger partial charge in [0.2, 0.25) is 5.78 Å². The third kappa shape index (κ3) is 4.11. The van der Waals surface area contributed by atoms with E-state index in [4.69, 9.17) is 25.7 Å². The van der Waals surface area contributed by atoms with Gasteiger partial charge in [-0.05, 0) is 13.0 Å². The number of carbonyl (C=O) groups excluding carboxylic acids is 3. The monoisotopic (exact) mass is 542 g/mol. The lowest BCUT2D eigenvalue weighted by molar-refractivity contribution is -0.248. The SMILES string of the molecule is COc1cccc2c1C(=O)c1c(O)c3c(c(O)c1C2=O)CC(O)(C(C)=O)CC3OC1CC(N)C(O)C(CN)O1. The molecule has 1 fully saturated rings. The Bertz CT molecular complexity index is 1390. The van der Waals surface area contributed by atoms with Gasteiger partial charge in [-0.15, -0.1) is 0 Å². The number of ketones is 3. The van der Waals surface area contributed by atoms with Crippen LogP contribution in [0.15, 0.2) is 18.2 Å². The van der Waals surface area contributed by atoms with Gasteiger partial charge in [0.1, 0.15) is 29.0 Å². The molecule has 0 saturated carbocycles. The molecule has 3 aliphatic rings. The van der Waals surface area contributed by atoms with E-state index < -0.39 is 82.6 Å². The lowest BCUT2D eigenvalue weighted by atomic mass is 9.72. The van der Waals surface area contributed by atoms with Gasteiger partial charge >= 0.3 is 0 Å². The number of benzene rings is 2. The average molecular weight is 543 g/mol. The van der Waals surface area contributed by atoms with Crippen molar-refractivity contribution in [1.82, 2.24) is 0 Å². The van der Waals surface area contributed by atoms with E-state index >= 15 is 0 Å². The molecule has 39 heavy (non-hydrogen) atoms. The van der Waals surface area contributed by atoms with E-state index in [0.717, 1.165) is 0 Å². The van der Waals surface area contributed by atoms with Crippen LogP contribution >= 0.6 is 0 Å². The van der Waals surface area contributed by atoms with E-state index in [-0.39, 0.29) is 47.4 Å². The van der Waals surface area contributed by atoms with Crippen molar-refractivity contribution in [2.24, 2.45) is 11.5 Å². The van der Waals surface area contributed by atoms with Gasteiger partial charge in [-0.1, -0.05) is 12.1 Å². The lowest BCUT2D eigenvalue weighted by Gasteiger charge is -2.42. The maximum Gasteiger partial charge on any atom is 0.202 e. The minimum atomic E-state index is -2.03. The van der Waals surface area contributed by atoms with Gasteiger partial charge in [-0.2, -0.15) is 0 Å². The number of hydrogen-bond donors (Lipinski definition) is 6. The zero-order valence-corrected chi connectivity index (χ0v) is 21.3. The van der Waals surface area contributed by atoms with E-state index in [1.807, 2.05) is 0 Å². The van der Waals surface area contributed by atoms with Crippen LogP contribution in [0.2, 0.25) is 0 Å². The molecule has 0 bridgehead atoms. The quantitative estimate of drug-likeness (QED) is 0.235. The third-order valence-corrected chi connectivity index (χ3v) is 7.89. The van der Waals surface area contributed by atoms with Gasteiger partial charge < -0.3 is 46.1 Å². The summed E-state index contributed by atoms with van der Waals surface area (Å²) in [5.41, 5.74) is 8.55. The van der Waals surface area contributed by atoms with Crippen molar-refractivity contribution >= 4 is 17.3 Å². The van der Waals surface area contributed by atoms with Crippen molar-refractivity contribution in [2.75, 3.05) is 13.7 Å². The highest BCUT2D eigenvalue weighted by atomic mass is 16.7. The molecule has 1 saturated heterocycles. The van der Waals surface area contributed by atoms with E-state index in [9.17, 15) is 34.8 Å². The highest BCUT2D eigenvalue weighted by molar-refractivity contribution is 6.31. The molecule has 12 heteroatoms. The first-order chi connectivity index (χ1) is 18.4. The Morgan fingerprint density at radius 1 is 1.15 bits per heavy atom. The first-order valence-corrected chi connectivity index (χ1v) is 12.5. The number of ether oxygens (including phenoxy) is 3. The number of fused-ring (bicyclic) bond motifs is 3. The largest absolute Gasteiger partial charge is 0.507 e. The summed E-state index contributed by atoms with van der Waals surface area (Å²) >= 11 is 0. The number of rotatable bonds is 5. The number of methoxy groups -OCH3 is 1. The van der Waals surface area contributed by atoms with E-state index in [1.54, 1.807) is 0 Å². The van der Waals surface area contributed by atoms with Crippen LogP contribution < -0.4 is 16.2 Å². The van der Waals surface area contributed by atoms with Crippen molar-refractivity contribution in [1.29, 1.82) is 0 Å². The van der Waals surface area contributed by atoms with Gasteiger partial charge in [0, 0.05) is 48.5 Å². The number of aliphatic hydroxyl groups excluding tert-OH is 1. The molecule has 2 aliphatic carbocycles. The second kappa shape index (κ2) is 9.66. The summed E-state index contributed by atoms with van der Waals surface area (Å²) in [5, 5.41) is 44.3. The van der Waals surface area contributed by atoms with Crippen molar-refractivity contribution < 1.29 is 49.0 Å². The number of phenols is 2. The predicted octanol–water partition coefficient (Wildman–Crippen LogP) is -0.0323. The molecule has 1 aliphatic heterocycles. The molecular weight excluding hydrogens is 512 g/mol. The smallest absolute Gasteiger partial charge is 0.202 e. The fourth-order valence-corrected chi connectivity index (χ4v) is 5.74. The first kappa shape index (κ1) is 27.2. The summed E-state index contributed by atoms with van der Waals surface area (Å²) in [6.45, 7) is 1.10. The number of nitrogens with two attached hydrogens (primary N) is 2. The molecular formula is C27H30N2O10. The fraction of sp³-hybridized carbons (Fsp3) is 0.444. The molecule has 0 radical (unpaired) electrons. The maximum absolute atomic E-state index is 13.7. The van der Waals surface area contributed by atoms with Gasteiger partial charge in [-0.3, -0.25) is 14.4 Å². The number of carbonyl (C=O) groups is 3. The van der Waals surface area contributed by atoms with Crippen LogP contribution in [0, 0.1) is 0 Å². The minimum absolute atomic E-state index is 0.0156. The van der Waals surface area contributed by atoms with E-state index in [2.05, 4.69) is 0 Å². The molecule has 2 aromatic rings. The molecule has 0 spiro atoms. The third-order valence-electron chi connectivity index (χ3n) is 7.89. The number of aliphatic hydroxyl groups is 2. The fourth-order valence-electron chi connectivity index (χ4n) is 5.74. The van der Waals surface area contributed by atoms with Crippen LogP contribution in [-0.4, -0.2) is 81.6 Å². The minimum Gasteiger partial charge on any atom is -0.507 e. The number of aromatic hydroxyl groups is 2. The van der Waals surface area contributed by atoms with Gasteiger partial charge in [0.05, 0.1) is 36.0 Å². The van der Waals surface area contributed by atoms with Gasteiger partial charge in [0.25, 0.3) is 0 Å². The van der Waals surface area contributed by atoms with Crippen LogP contribution in [0.5, 0.6) is 17.2 Å². The summed E-state index contributed by atoms with van der Waals surface area (Å²) in [7, 11) is 1.33. The second-order valence-corrected chi connectivity index (χ2v) is 10.2. The highest BCUT2D eigenvalue weighted by Gasteiger charge is 2.49. The molecule has 0 aromatic heterocycles. The van der Waals surface area contributed by atoms with Crippen LogP contribution in [-0.2, 0) is 20.7 Å². The normalized spacial score (nSPS) is 29.8. The van der Waals surface area contributed by atoms with E-state index in [0.29, 0.717) is 0 Å². The predicted molar refractivity (Wildman–Crippen MR) is 134 cm³/mol. The highest BCUT2D eigenvalue weighted by Crippen LogP contribution is 2.52. The average Bonchev–Trinajstić information content (AvgIpc) is 2.90. The number of phenolic OH excluding ortho intramolecular Hbond substituents is 2. The Kier molecular flexibility index (Phi) is 6.74. The molecule has 0 amide bonds. The molecule has 6 unspecified atom stereocenters. The molecule has 1 heterocycles. The van der Waals surface area contributed by atoms with Gasteiger partial charge in [0.15, 0.2) is 17.9 Å². The lowest BCUT2D eigenvalue weighted by Crippen LogP contribution is -2.55. The molecule has 8 N–H and O–H groups in total. The summed E-state index contributed by atoms with van der Waals surface area (Å²) in [6.07, 6.45) is -5.03. The molecule has 6 atom stereocenters. The topological polar surface area (TPSA) is 212 Å². The summed E-state index contributed by atoms with van der Waals surface area (Å²) in [4.78, 5) is 39.7. The zero-order valence-electron chi connectivity index (χ0n) is 21.3. The van der Waals surface area contributed by atoms with Crippen molar-refractivity contribution in [3.63, 3.8) is 0 Å². The Labute approximate surface area is 223 Å². The number of hydrogen-bond acceptors (Lipinski definition) is 12. The van der Waals surface area contributed by atoms with Crippen LogP contribution in [0.3, 0.4) is 0 Å². The Morgan fingerprint density at radius 3 is 2.49 bits per heavy atom. The maximum atomic E-state index is 13.7. The Morgan fingerprint density at radius 2 is 1.85 bits per heavy atom. The summed E-state index contributed by atoms with van der Waals surface area (Å²) in [5.74, 6) is -3.27. The van der Waals surface area contributed by atoms with Crippen molar-refractivity contribution in [2.45, 2.75) is 62.4 Å². The number of Topliss-reactive ketones (excluding diaryl/α,β-unsaturated/α-hetero) is 1. The Hall–Kier alpha value is -3.39. The van der Waals surface area contributed by atoms with Crippen LogP contribution in [0.25, 0.3) is 0 Å². The van der Waals surface area contributed by atoms with Gasteiger partial charge in [-0.25, -0.2) is 0 Å². The second-order valence-electron chi connectivity index (χ2n) is 10.2. The summed E-state index contributed by atoms with van der Waals surface area (Å²) in [6, 6.07) is 3.65. The Balaban J connectivity index is 1.67. The standard InChI is InChI=1S/C27H30N2O10/c1-10(30)27(36)7-12-19(15(8-27)38-17-6-13(29)24(33)16(9-28)39-17)26(35)21-20(23(12)32)22(31)11-4-3-5-14(37-2)18(11)25(21)34/h3-5,13,15-17,24,32-33,35-36H,6-9,28-29H2,1-2H3. The summed E-state index contributed by atoms with van der Waals surface area (Å²) < 4.78 is 17.1. The van der Waals surface area contributed by atoms with Crippen molar-refractivity contribution in [3.05, 3.63) is 51.6 Å².